The zero-order chi connectivity index (χ0) is 12.4. The van der Waals surface area contributed by atoms with E-state index in [1.54, 1.807) is 18.7 Å². The Morgan fingerprint density at radius 1 is 1.06 bits per heavy atom. The van der Waals surface area contributed by atoms with Crippen molar-refractivity contribution >= 4 is 11.9 Å². The molecule has 0 bridgehead atoms. The number of ether oxygens (including phenoxy) is 2. The summed E-state index contributed by atoms with van der Waals surface area (Å²) in [6, 6.07) is 0. The van der Waals surface area contributed by atoms with Crippen LogP contribution in [-0.4, -0.2) is 56.2 Å². The highest BCUT2D eigenvalue weighted by atomic mass is 16.5. The van der Waals surface area contributed by atoms with Gasteiger partial charge in [0.25, 0.3) is 0 Å². The third-order valence-corrected chi connectivity index (χ3v) is 1.76. The molecule has 0 aliphatic rings. The third kappa shape index (κ3) is 7.19. The van der Waals surface area contributed by atoms with Crippen LogP contribution in [0.5, 0.6) is 0 Å². The minimum absolute atomic E-state index is 0.0594. The molecule has 0 aliphatic carbocycles. The first-order valence-electron chi connectivity index (χ1n) is 5.37. The molecule has 16 heavy (non-hydrogen) atoms. The van der Waals surface area contributed by atoms with Crippen LogP contribution in [-0.2, 0) is 19.1 Å². The van der Waals surface area contributed by atoms with Crippen LogP contribution in [0.15, 0.2) is 0 Å². The Labute approximate surface area is 95.7 Å². The number of hydrogen-bond acceptors (Lipinski definition) is 6. The molecule has 0 aromatic rings. The molecule has 0 fully saturated rings. The Morgan fingerprint density at radius 3 is 1.81 bits per heavy atom. The van der Waals surface area contributed by atoms with Crippen LogP contribution in [0.2, 0.25) is 0 Å². The van der Waals surface area contributed by atoms with E-state index in [2.05, 4.69) is 0 Å². The molecule has 0 heterocycles. The molecule has 6 heteroatoms. The summed E-state index contributed by atoms with van der Waals surface area (Å²) in [6.45, 7) is 5.07. The number of rotatable bonds is 8. The highest BCUT2D eigenvalue weighted by Crippen LogP contribution is 1.92. The first-order chi connectivity index (χ1) is 7.63. The summed E-state index contributed by atoms with van der Waals surface area (Å²) in [4.78, 5) is 24.0. The molecule has 0 aromatic carbocycles. The average Bonchev–Trinajstić information content (AvgIpc) is 2.18. The SMILES string of the molecule is CCOC(=O)CN(CCN)CC(=O)OCC. The second kappa shape index (κ2) is 9.11. The lowest BCUT2D eigenvalue weighted by Gasteiger charge is -2.19. The predicted molar refractivity (Wildman–Crippen MR) is 58.8 cm³/mol. The molecule has 94 valence electrons. The Kier molecular flexibility index (Phi) is 8.46. The van der Waals surface area contributed by atoms with Crippen molar-refractivity contribution in [2.45, 2.75) is 13.8 Å². The molecule has 0 saturated heterocycles. The molecular weight excluding hydrogens is 212 g/mol. The lowest BCUT2D eigenvalue weighted by Crippen LogP contribution is -2.39. The predicted octanol–water partition coefficient (Wildman–Crippen LogP) is -0.627. The summed E-state index contributed by atoms with van der Waals surface area (Å²) in [7, 11) is 0. The fourth-order valence-electron chi connectivity index (χ4n) is 1.18. The molecule has 0 aliphatic heterocycles. The number of nitrogens with two attached hydrogens (primary N) is 1. The highest BCUT2D eigenvalue weighted by Gasteiger charge is 2.14. The first kappa shape index (κ1) is 14.9. The maximum absolute atomic E-state index is 11.2. The summed E-state index contributed by atoms with van der Waals surface area (Å²) in [5, 5.41) is 0. The van der Waals surface area contributed by atoms with Crippen molar-refractivity contribution in [2.24, 2.45) is 5.73 Å². The molecule has 0 saturated carbocycles. The fraction of sp³-hybridized carbons (Fsp3) is 0.800. The third-order valence-electron chi connectivity index (χ3n) is 1.76. The number of hydrogen-bond donors (Lipinski definition) is 1. The normalized spacial score (nSPS) is 10.2. The van der Waals surface area contributed by atoms with Crippen LogP contribution >= 0.6 is 0 Å². The van der Waals surface area contributed by atoms with Gasteiger partial charge in [0.1, 0.15) is 0 Å². The average molecular weight is 232 g/mol. The molecular formula is C10H20N2O4. The highest BCUT2D eigenvalue weighted by molar-refractivity contribution is 5.75. The summed E-state index contributed by atoms with van der Waals surface area (Å²) < 4.78 is 9.57. The van der Waals surface area contributed by atoms with E-state index < -0.39 is 0 Å². The number of nitrogens with zero attached hydrogens (tertiary/aromatic N) is 1. The Bertz CT molecular complexity index is 201. The van der Waals surface area contributed by atoms with Gasteiger partial charge in [0.05, 0.1) is 26.3 Å². The second-order valence-electron chi connectivity index (χ2n) is 3.11. The van der Waals surface area contributed by atoms with Crippen molar-refractivity contribution < 1.29 is 19.1 Å². The van der Waals surface area contributed by atoms with E-state index in [4.69, 9.17) is 15.2 Å². The molecule has 0 unspecified atom stereocenters. The van der Waals surface area contributed by atoms with Crippen molar-refractivity contribution in [1.82, 2.24) is 4.90 Å². The van der Waals surface area contributed by atoms with Gasteiger partial charge in [-0.1, -0.05) is 0 Å². The lowest BCUT2D eigenvalue weighted by molar-refractivity contribution is -0.148. The van der Waals surface area contributed by atoms with Gasteiger partial charge in [0, 0.05) is 13.1 Å². The fourth-order valence-corrected chi connectivity index (χ4v) is 1.18. The van der Waals surface area contributed by atoms with Gasteiger partial charge in [-0.2, -0.15) is 0 Å². The second-order valence-corrected chi connectivity index (χ2v) is 3.11. The maximum atomic E-state index is 11.2. The van der Waals surface area contributed by atoms with E-state index in [1.165, 1.54) is 0 Å². The van der Waals surface area contributed by atoms with Crippen molar-refractivity contribution in [3.63, 3.8) is 0 Å². The van der Waals surface area contributed by atoms with Crippen molar-refractivity contribution in [3.8, 4) is 0 Å². The van der Waals surface area contributed by atoms with Crippen LogP contribution in [0.4, 0.5) is 0 Å². The van der Waals surface area contributed by atoms with Gasteiger partial charge in [0.2, 0.25) is 0 Å². The van der Waals surface area contributed by atoms with E-state index >= 15 is 0 Å². The van der Waals surface area contributed by atoms with E-state index in [0.717, 1.165) is 0 Å². The molecule has 0 rings (SSSR count). The Morgan fingerprint density at radius 2 is 1.50 bits per heavy atom. The van der Waals surface area contributed by atoms with Gasteiger partial charge in [-0.3, -0.25) is 14.5 Å². The molecule has 0 amide bonds. The van der Waals surface area contributed by atoms with Gasteiger partial charge in [-0.05, 0) is 13.8 Å². The molecule has 0 atom stereocenters. The smallest absolute Gasteiger partial charge is 0.320 e. The summed E-state index contributed by atoms with van der Waals surface area (Å²) in [5.41, 5.74) is 5.38. The summed E-state index contributed by atoms with van der Waals surface area (Å²) in [6.07, 6.45) is 0. The van der Waals surface area contributed by atoms with Crippen LogP contribution < -0.4 is 5.73 Å². The van der Waals surface area contributed by atoms with Gasteiger partial charge in [-0.15, -0.1) is 0 Å². The van der Waals surface area contributed by atoms with Crippen LogP contribution in [0.3, 0.4) is 0 Å². The Balaban J connectivity index is 4.05. The molecule has 2 N–H and O–H groups in total. The number of carbonyl (C=O) groups excluding carboxylic acids is 2. The van der Waals surface area contributed by atoms with E-state index in [0.29, 0.717) is 26.3 Å². The monoisotopic (exact) mass is 232 g/mol. The standard InChI is InChI=1S/C10H20N2O4/c1-3-15-9(13)7-12(6-5-11)8-10(14)16-4-2/h3-8,11H2,1-2H3. The van der Waals surface area contributed by atoms with E-state index in [9.17, 15) is 9.59 Å². The zero-order valence-corrected chi connectivity index (χ0v) is 9.90. The van der Waals surface area contributed by atoms with Crippen LogP contribution in [0.25, 0.3) is 0 Å². The quantitative estimate of drug-likeness (QED) is 0.561. The number of carbonyl (C=O) groups is 2. The van der Waals surface area contributed by atoms with Gasteiger partial charge < -0.3 is 15.2 Å². The zero-order valence-electron chi connectivity index (χ0n) is 9.90. The van der Waals surface area contributed by atoms with Crippen molar-refractivity contribution in [3.05, 3.63) is 0 Å². The van der Waals surface area contributed by atoms with Crippen LogP contribution in [0, 0.1) is 0 Å². The lowest BCUT2D eigenvalue weighted by atomic mass is 10.4. The minimum Gasteiger partial charge on any atom is -0.465 e. The molecule has 0 spiro atoms. The van der Waals surface area contributed by atoms with Crippen molar-refractivity contribution in [1.29, 1.82) is 0 Å². The molecule has 0 aromatic heterocycles. The van der Waals surface area contributed by atoms with Crippen LogP contribution in [0.1, 0.15) is 13.8 Å². The molecule has 6 nitrogen and oxygen atoms in total. The molecule has 0 radical (unpaired) electrons. The van der Waals surface area contributed by atoms with E-state index in [-0.39, 0.29) is 25.0 Å². The Hall–Kier alpha value is -1.14. The van der Waals surface area contributed by atoms with E-state index in [1.807, 2.05) is 0 Å². The largest absolute Gasteiger partial charge is 0.465 e. The number of esters is 2. The maximum Gasteiger partial charge on any atom is 0.320 e. The van der Waals surface area contributed by atoms with Crippen molar-refractivity contribution in [2.75, 3.05) is 39.4 Å². The first-order valence-corrected chi connectivity index (χ1v) is 5.37. The summed E-state index contributed by atoms with van der Waals surface area (Å²) in [5.74, 6) is -0.722. The van der Waals surface area contributed by atoms with Gasteiger partial charge in [0.15, 0.2) is 0 Å². The van der Waals surface area contributed by atoms with Gasteiger partial charge >= 0.3 is 11.9 Å². The minimum atomic E-state index is -0.361. The summed E-state index contributed by atoms with van der Waals surface area (Å²) >= 11 is 0. The topological polar surface area (TPSA) is 81.9 Å². The van der Waals surface area contributed by atoms with Gasteiger partial charge in [-0.25, -0.2) is 0 Å².